The summed E-state index contributed by atoms with van der Waals surface area (Å²) in [6.45, 7) is 3.44. The number of carbonyl (C=O) groups is 1. The number of unbranched alkanes of at least 4 members (excludes halogenated alkanes) is 29. The first kappa shape index (κ1) is 63.3. The molecule has 0 aromatic heterocycles. The predicted molar refractivity (Wildman–Crippen MR) is 275 cm³/mol. The second-order valence-corrected chi connectivity index (χ2v) is 19.6. The van der Waals surface area contributed by atoms with Crippen molar-refractivity contribution in [1.29, 1.82) is 0 Å². The minimum Gasteiger partial charge on any atom is -0.394 e. The van der Waals surface area contributed by atoms with E-state index in [1.807, 2.05) is 0 Å². The zero-order chi connectivity index (χ0) is 49.0. The summed E-state index contributed by atoms with van der Waals surface area (Å²) in [7, 11) is 0. The molecule has 0 aliphatic carbocycles. The Morgan fingerprint density at radius 3 is 1.37 bits per heavy atom. The lowest BCUT2D eigenvalue weighted by molar-refractivity contribution is -0.303. The van der Waals surface area contributed by atoms with Crippen LogP contribution < -0.4 is 5.32 Å². The van der Waals surface area contributed by atoms with Gasteiger partial charge in [0, 0.05) is 0 Å². The van der Waals surface area contributed by atoms with Crippen molar-refractivity contribution in [3.8, 4) is 0 Å². The third-order valence-corrected chi connectivity index (χ3v) is 13.4. The molecule has 1 aliphatic heterocycles. The SMILES string of the molecule is CCCCCCCCCCC/C=C\C/C=C\CCCCCCCCCCCCC(O)C(=O)NC(COC1OC(CO)C(O)C(O)C1O)C(O)C(O)CCC/C=C/CCCCCCCCCCC. The van der Waals surface area contributed by atoms with Crippen molar-refractivity contribution in [1.82, 2.24) is 5.32 Å². The summed E-state index contributed by atoms with van der Waals surface area (Å²) in [4.78, 5) is 13.1. The molecule has 9 unspecified atom stereocenters. The van der Waals surface area contributed by atoms with Gasteiger partial charge in [-0.15, -0.1) is 0 Å². The zero-order valence-corrected chi connectivity index (χ0v) is 42.9. The fourth-order valence-electron chi connectivity index (χ4n) is 8.83. The summed E-state index contributed by atoms with van der Waals surface area (Å²) in [5, 5.41) is 75.9. The first-order chi connectivity index (χ1) is 32.7. The van der Waals surface area contributed by atoms with Crippen molar-refractivity contribution < 1.29 is 50.0 Å². The quantitative estimate of drug-likeness (QED) is 0.0215. The van der Waals surface area contributed by atoms with E-state index in [0.717, 1.165) is 51.4 Å². The Hall–Kier alpha value is -1.67. The zero-order valence-electron chi connectivity index (χ0n) is 42.9. The van der Waals surface area contributed by atoms with Gasteiger partial charge in [0.25, 0.3) is 0 Å². The van der Waals surface area contributed by atoms with Crippen LogP contribution in [0, 0.1) is 0 Å². The predicted octanol–water partition coefficient (Wildman–Crippen LogP) is 11.1. The van der Waals surface area contributed by atoms with Crippen LogP contribution in [0.1, 0.15) is 245 Å². The van der Waals surface area contributed by atoms with Crippen LogP contribution in [0.5, 0.6) is 0 Å². The van der Waals surface area contributed by atoms with E-state index in [2.05, 4.69) is 55.6 Å². The summed E-state index contributed by atoms with van der Waals surface area (Å²) < 4.78 is 11.1. The molecule has 1 fully saturated rings. The summed E-state index contributed by atoms with van der Waals surface area (Å²) in [5.41, 5.74) is 0. The van der Waals surface area contributed by atoms with E-state index in [1.165, 1.54) is 154 Å². The molecule has 1 heterocycles. The summed E-state index contributed by atoms with van der Waals surface area (Å²) in [5.74, 6) is -0.708. The lowest BCUT2D eigenvalue weighted by Crippen LogP contribution is -2.60. The third kappa shape index (κ3) is 34.3. The number of rotatable bonds is 47. The highest BCUT2D eigenvalue weighted by Gasteiger charge is 2.44. The number of nitrogens with one attached hydrogen (secondary N) is 1. The van der Waals surface area contributed by atoms with Crippen molar-refractivity contribution in [2.75, 3.05) is 13.2 Å². The van der Waals surface area contributed by atoms with Crippen molar-refractivity contribution in [3.63, 3.8) is 0 Å². The highest BCUT2D eigenvalue weighted by molar-refractivity contribution is 5.80. The third-order valence-electron chi connectivity index (χ3n) is 13.4. The number of aliphatic hydroxyl groups is 7. The number of allylic oxidation sites excluding steroid dienone is 6. The number of hydrogen-bond donors (Lipinski definition) is 8. The average Bonchev–Trinajstić information content (AvgIpc) is 3.33. The molecule has 8 N–H and O–H groups in total. The van der Waals surface area contributed by atoms with Crippen LogP contribution in [0.2, 0.25) is 0 Å². The molecular weight excluding hydrogens is 847 g/mol. The molecule has 0 spiro atoms. The number of ether oxygens (including phenoxy) is 2. The summed E-state index contributed by atoms with van der Waals surface area (Å²) in [6, 6.07) is -1.19. The van der Waals surface area contributed by atoms with Gasteiger partial charge >= 0.3 is 0 Å². The highest BCUT2D eigenvalue weighted by atomic mass is 16.7. The van der Waals surface area contributed by atoms with E-state index < -0.39 is 74.2 Å². The maximum atomic E-state index is 13.1. The molecule has 1 rings (SSSR count). The van der Waals surface area contributed by atoms with Gasteiger partial charge < -0.3 is 50.5 Å². The van der Waals surface area contributed by atoms with Gasteiger partial charge in [0.1, 0.15) is 36.6 Å². The lowest BCUT2D eigenvalue weighted by atomic mass is 9.98. The van der Waals surface area contributed by atoms with Crippen LogP contribution in [0.4, 0.5) is 0 Å². The first-order valence-corrected chi connectivity index (χ1v) is 27.9. The summed E-state index contributed by atoms with van der Waals surface area (Å²) in [6.07, 6.45) is 43.4. The fraction of sp³-hybridized carbons (Fsp3) is 0.875. The van der Waals surface area contributed by atoms with Gasteiger partial charge in [0.15, 0.2) is 6.29 Å². The van der Waals surface area contributed by atoms with Crippen LogP contribution in [0.3, 0.4) is 0 Å². The summed E-state index contributed by atoms with van der Waals surface area (Å²) >= 11 is 0. The van der Waals surface area contributed by atoms with Gasteiger partial charge in [-0.1, -0.05) is 211 Å². The average molecular weight is 952 g/mol. The molecule has 0 radical (unpaired) electrons. The molecule has 0 aromatic carbocycles. The second kappa shape index (κ2) is 45.5. The molecule has 394 valence electrons. The Kier molecular flexibility index (Phi) is 43.0. The number of amides is 1. The first-order valence-electron chi connectivity index (χ1n) is 27.9. The van der Waals surface area contributed by atoms with E-state index >= 15 is 0 Å². The van der Waals surface area contributed by atoms with E-state index in [4.69, 9.17) is 9.47 Å². The van der Waals surface area contributed by atoms with Crippen LogP contribution in [0.15, 0.2) is 36.5 Å². The molecular formula is C56H105NO10. The van der Waals surface area contributed by atoms with E-state index in [9.17, 15) is 40.5 Å². The van der Waals surface area contributed by atoms with Gasteiger partial charge in [-0.25, -0.2) is 0 Å². The van der Waals surface area contributed by atoms with Crippen molar-refractivity contribution in [2.24, 2.45) is 0 Å². The standard InChI is InChI=1S/C56H105NO10/c1-3-5-7-9-11-13-15-17-19-20-21-22-23-24-25-26-27-28-29-30-32-34-36-38-40-42-44-49(60)55(65)57-47(46-66-56-54(64)53(63)52(62)50(45-58)67-56)51(61)48(59)43-41-39-37-35-33-31-18-16-14-12-10-8-6-4-2/h21-22,24-25,35,37,47-54,56,58-64H,3-20,23,26-34,36,38-46H2,1-2H3,(H,57,65)/b22-21-,25-24-,37-35+. The van der Waals surface area contributed by atoms with E-state index in [1.54, 1.807) is 0 Å². The molecule has 11 nitrogen and oxygen atoms in total. The highest BCUT2D eigenvalue weighted by Crippen LogP contribution is 2.23. The van der Waals surface area contributed by atoms with Gasteiger partial charge in [0.05, 0.1) is 25.4 Å². The molecule has 0 saturated carbocycles. The van der Waals surface area contributed by atoms with Crippen LogP contribution in [0.25, 0.3) is 0 Å². The van der Waals surface area contributed by atoms with Crippen molar-refractivity contribution in [2.45, 2.75) is 300 Å². The fourth-order valence-corrected chi connectivity index (χ4v) is 8.83. The Labute approximate surface area is 409 Å². The van der Waals surface area contributed by atoms with Gasteiger partial charge in [-0.05, 0) is 70.6 Å². The van der Waals surface area contributed by atoms with Crippen LogP contribution >= 0.6 is 0 Å². The Morgan fingerprint density at radius 2 is 0.925 bits per heavy atom. The lowest BCUT2D eigenvalue weighted by Gasteiger charge is -2.40. The van der Waals surface area contributed by atoms with Crippen molar-refractivity contribution in [3.05, 3.63) is 36.5 Å². The molecule has 9 atom stereocenters. The molecule has 11 heteroatoms. The Morgan fingerprint density at radius 1 is 0.522 bits per heavy atom. The topological polar surface area (TPSA) is 189 Å². The normalized spacial score (nSPS) is 20.9. The van der Waals surface area contributed by atoms with E-state index in [-0.39, 0.29) is 12.8 Å². The molecule has 0 bridgehead atoms. The minimum atomic E-state index is -1.67. The smallest absolute Gasteiger partial charge is 0.249 e. The number of hydrogen-bond acceptors (Lipinski definition) is 10. The largest absolute Gasteiger partial charge is 0.394 e. The maximum Gasteiger partial charge on any atom is 0.249 e. The molecule has 1 aliphatic rings. The van der Waals surface area contributed by atoms with Gasteiger partial charge in [-0.2, -0.15) is 0 Å². The molecule has 1 saturated heterocycles. The van der Waals surface area contributed by atoms with Crippen molar-refractivity contribution >= 4 is 5.91 Å². The molecule has 67 heavy (non-hydrogen) atoms. The number of carbonyl (C=O) groups excluding carboxylic acids is 1. The van der Waals surface area contributed by atoms with Crippen LogP contribution in [-0.2, 0) is 14.3 Å². The van der Waals surface area contributed by atoms with Crippen LogP contribution in [-0.4, -0.2) is 110 Å². The Balaban J connectivity index is 2.31. The minimum absolute atomic E-state index is 0.250. The van der Waals surface area contributed by atoms with E-state index in [0.29, 0.717) is 12.8 Å². The number of aliphatic hydroxyl groups excluding tert-OH is 7. The molecule has 1 amide bonds. The Bertz CT molecular complexity index is 1180. The van der Waals surface area contributed by atoms with Gasteiger partial charge in [-0.3, -0.25) is 4.79 Å². The maximum absolute atomic E-state index is 13.1. The monoisotopic (exact) mass is 952 g/mol. The molecule has 0 aromatic rings. The van der Waals surface area contributed by atoms with Gasteiger partial charge in [0.2, 0.25) is 5.91 Å². The second-order valence-electron chi connectivity index (χ2n) is 19.6.